The molecule has 5 rings (SSSR count). The van der Waals surface area contributed by atoms with Crippen LogP contribution in [0.4, 0.5) is 0 Å². The summed E-state index contributed by atoms with van der Waals surface area (Å²) in [5, 5.41) is 0. The van der Waals surface area contributed by atoms with E-state index < -0.39 is 17.2 Å². The zero-order valence-electron chi connectivity index (χ0n) is 22.0. The summed E-state index contributed by atoms with van der Waals surface area (Å²) in [6.45, 7) is 6.71. The maximum absolute atomic E-state index is 11.9. The number of carbonyl (C=O) groups excluding carboxylic acids is 2. The molecule has 4 N–H and O–H groups in total. The first kappa shape index (κ1) is 26.6. The molecule has 1 aliphatic carbocycles. The molecule has 12 nitrogen and oxygen atoms in total. The van der Waals surface area contributed by atoms with Crippen LogP contribution in [0.2, 0.25) is 0 Å². The molecule has 0 spiro atoms. The number of aryl methyl sites for hydroxylation is 1. The van der Waals surface area contributed by atoms with Gasteiger partial charge in [0, 0.05) is 31.6 Å². The summed E-state index contributed by atoms with van der Waals surface area (Å²) in [5.41, 5.74) is 12.3. The third kappa shape index (κ3) is 5.30. The van der Waals surface area contributed by atoms with Crippen molar-refractivity contribution in [2.24, 2.45) is 16.9 Å². The van der Waals surface area contributed by atoms with Crippen molar-refractivity contribution >= 4 is 22.8 Å². The SMILES string of the molecule is COc1nc2c(Oc3ccc(C4CC4(C(N)=O)C(N)=O)c(C)c3)ncnc2cc1OCCCN1CCOCC1. The van der Waals surface area contributed by atoms with E-state index in [-0.39, 0.29) is 11.8 Å². The molecule has 1 aromatic carbocycles. The zero-order valence-corrected chi connectivity index (χ0v) is 22.0. The number of amides is 2. The van der Waals surface area contributed by atoms with Gasteiger partial charge in [-0.05, 0) is 43.0 Å². The minimum Gasteiger partial charge on any atom is -0.488 e. The number of fused-ring (bicyclic) bond motifs is 1. The molecule has 12 heteroatoms. The fourth-order valence-corrected chi connectivity index (χ4v) is 5.07. The highest BCUT2D eigenvalue weighted by atomic mass is 16.5. The third-order valence-electron chi connectivity index (χ3n) is 7.35. The fraction of sp³-hybridized carbons (Fsp3) is 0.444. The molecular formula is C27H32N6O6. The second kappa shape index (κ2) is 11.0. The van der Waals surface area contributed by atoms with Gasteiger partial charge in [-0.2, -0.15) is 4.98 Å². The van der Waals surface area contributed by atoms with Gasteiger partial charge < -0.3 is 30.4 Å². The molecule has 3 aromatic rings. The van der Waals surface area contributed by atoms with Crippen LogP contribution in [0.3, 0.4) is 0 Å². The van der Waals surface area contributed by atoms with Gasteiger partial charge in [-0.25, -0.2) is 9.97 Å². The van der Waals surface area contributed by atoms with Gasteiger partial charge in [0.25, 0.3) is 5.88 Å². The van der Waals surface area contributed by atoms with Crippen molar-refractivity contribution in [2.45, 2.75) is 25.7 Å². The predicted octanol–water partition coefficient (Wildman–Crippen LogP) is 1.68. The third-order valence-corrected chi connectivity index (χ3v) is 7.35. The van der Waals surface area contributed by atoms with Gasteiger partial charge in [0.05, 0.1) is 26.9 Å². The van der Waals surface area contributed by atoms with Gasteiger partial charge >= 0.3 is 0 Å². The lowest BCUT2D eigenvalue weighted by Crippen LogP contribution is -2.38. The number of aromatic nitrogens is 3. The van der Waals surface area contributed by atoms with Crippen LogP contribution >= 0.6 is 0 Å². The number of hydrogen-bond donors (Lipinski definition) is 2. The lowest BCUT2D eigenvalue weighted by atomic mass is 9.95. The monoisotopic (exact) mass is 536 g/mol. The molecule has 39 heavy (non-hydrogen) atoms. The smallest absolute Gasteiger partial charge is 0.257 e. The van der Waals surface area contributed by atoms with Crippen molar-refractivity contribution < 1.29 is 28.5 Å². The molecule has 2 aliphatic rings. The van der Waals surface area contributed by atoms with E-state index in [4.69, 9.17) is 30.4 Å². The Morgan fingerprint density at radius 3 is 2.56 bits per heavy atom. The number of nitrogens with two attached hydrogens (primary N) is 2. The highest BCUT2D eigenvalue weighted by Crippen LogP contribution is 2.59. The minimum absolute atomic E-state index is 0.249. The van der Waals surface area contributed by atoms with Gasteiger partial charge in [-0.15, -0.1) is 0 Å². The van der Waals surface area contributed by atoms with Crippen molar-refractivity contribution in [2.75, 3.05) is 46.6 Å². The molecule has 2 fully saturated rings. The van der Waals surface area contributed by atoms with Crippen LogP contribution in [0, 0.1) is 12.3 Å². The van der Waals surface area contributed by atoms with E-state index in [1.165, 1.54) is 13.4 Å². The van der Waals surface area contributed by atoms with Crippen molar-refractivity contribution in [1.82, 2.24) is 19.9 Å². The van der Waals surface area contributed by atoms with Gasteiger partial charge in [0.1, 0.15) is 23.0 Å². The molecule has 2 amide bonds. The highest BCUT2D eigenvalue weighted by molar-refractivity contribution is 6.08. The van der Waals surface area contributed by atoms with Crippen LogP contribution in [0.15, 0.2) is 30.6 Å². The van der Waals surface area contributed by atoms with Crippen molar-refractivity contribution in [3.8, 4) is 23.3 Å². The van der Waals surface area contributed by atoms with E-state index in [1.807, 2.05) is 13.0 Å². The van der Waals surface area contributed by atoms with Crippen LogP contribution in [0.1, 0.15) is 29.9 Å². The number of nitrogens with zero attached hydrogens (tertiary/aromatic N) is 4. The number of carbonyl (C=O) groups is 2. The van der Waals surface area contributed by atoms with E-state index in [0.29, 0.717) is 41.4 Å². The van der Waals surface area contributed by atoms with Crippen molar-refractivity contribution in [1.29, 1.82) is 0 Å². The molecule has 2 aromatic heterocycles. The molecule has 1 saturated heterocycles. The Labute approximate surface area is 225 Å². The fourth-order valence-electron chi connectivity index (χ4n) is 5.07. The average Bonchev–Trinajstić information content (AvgIpc) is 3.69. The van der Waals surface area contributed by atoms with Gasteiger partial charge in [0.2, 0.25) is 17.7 Å². The van der Waals surface area contributed by atoms with Crippen LogP contribution in [0.25, 0.3) is 11.0 Å². The second-order valence-corrected chi connectivity index (χ2v) is 9.78. The maximum atomic E-state index is 11.9. The number of morpholine rings is 1. The first-order valence-corrected chi connectivity index (χ1v) is 12.8. The van der Waals surface area contributed by atoms with Gasteiger partial charge in [-0.3, -0.25) is 14.5 Å². The normalized spacial score (nSPS) is 18.5. The summed E-state index contributed by atoms with van der Waals surface area (Å²) in [5.74, 6) is -0.194. The average molecular weight is 537 g/mol. The highest BCUT2D eigenvalue weighted by Gasteiger charge is 2.64. The molecular weight excluding hydrogens is 504 g/mol. The number of rotatable bonds is 11. The largest absolute Gasteiger partial charge is 0.488 e. The first-order chi connectivity index (χ1) is 18.8. The van der Waals surface area contributed by atoms with E-state index in [2.05, 4.69) is 19.9 Å². The summed E-state index contributed by atoms with van der Waals surface area (Å²) < 4.78 is 22.9. The molecule has 0 bridgehead atoms. The van der Waals surface area contributed by atoms with E-state index in [0.717, 1.165) is 50.4 Å². The molecule has 1 aliphatic heterocycles. The summed E-state index contributed by atoms with van der Waals surface area (Å²) in [6.07, 6.45) is 2.56. The van der Waals surface area contributed by atoms with E-state index >= 15 is 0 Å². The van der Waals surface area contributed by atoms with Gasteiger partial charge in [0.15, 0.2) is 11.3 Å². The molecule has 3 heterocycles. The summed E-state index contributed by atoms with van der Waals surface area (Å²) in [4.78, 5) is 39.4. The summed E-state index contributed by atoms with van der Waals surface area (Å²) in [6, 6.07) is 7.12. The first-order valence-electron chi connectivity index (χ1n) is 12.8. The van der Waals surface area contributed by atoms with Crippen LogP contribution < -0.4 is 25.7 Å². The van der Waals surface area contributed by atoms with Crippen LogP contribution in [0.5, 0.6) is 23.3 Å². The Balaban J connectivity index is 1.30. The van der Waals surface area contributed by atoms with E-state index in [9.17, 15) is 9.59 Å². The topological polar surface area (TPSA) is 165 Å². The lowest BCUT2D eigenvalue weighted by Gasteiger charge is -2.26. The number of primary amides is 2. The van der Waals surface area contributed by atoms with Gasteiger partial charge in [-0.1, -0.05) is 6.07 Å². The predicted molar refractivity (Wildman–Crippen MR) is 141 cm³/mol. The zero-order chi connectivity index (χ0) is 27.6. The molecule has 1 atom stereocenters. The Hall–Kier alpha value is -4.03. The van der Waals surface area contributed by atoms with Crippen LogP contribution in [-0.2, 0) is 14.3 Å². The molecule has 0 radical (unpaired) electrons. The van der Waals surface area contributed by atoms with Crippen molar-refractivity contribution in [3.63, 3.8) is 0 Å². The standard InChI is InChI=1S/C27H32N6O6/c1-16-12-17(4-5-18(16)19-14-27(19,25(28)34)26(29)35)39-24-22-20(30-15-31-24)13-21(23(32-22)36-2)38-9-3-6-33-7-10-37-11-8-33/h4-5,12-13,15,19H,3,6-11,14H2,1-2H3,(H2,28,34)(H2,29,35). The minimum atomic E-state index is -1.33. The second-order valence-electron chi connectivity index (χ2n) is 9.78. The Morgan fingerprint density at radius 2 is 1.90 bits per heavy atom. The number of hydrogen-bond acceptors (Lipinski definition) is 10. The quantitative estimate of drug-likeness (QED) is 0.272. The van der Waals surface area contributed by atoms with Crippen molar-refractivity contribution in [3.05, 3.63) is 41.7 Å². The number of methoxy groups -OCH3 is 1. The summed E-state index contributed by atoms with van der Waals surface area (Å²) in [7, 11) is 1.53. The summed E-state index contributed by atoms with van der Waals surface area (Å²) >= 11 is 0. The number of benzene rings is 1. The molecule has 1 saturated carbocycles. The molecule has 1 unspecified atom stereocenters. The van der Waals surface area contributed by atoms with Crippen LogP contribution in [-0.4, -0.2) is 78.2 Å². The number of ether oxygens (including phenoxy) is 4. The Morgan fingerprint density at radius 1 is 1.13 bits per heavy atom. The number of pyridine rings is 1. The lowest BCUT2D eigenvalue weighted by molar-refractivity contribution is -0.133. The Kier molecular flexibility index (Phi) is 7.49. The molecule has 206 valence electrons. The van der Waals surface area contributed by atoms with E-state index in [1.54, 1.807) is 18.2 Å². The Bertz CT molecular complexity index is 1380. The maximum Gasteiger partial charge on any atom is 0.257 e.